The summed E-state index contributed by atoms with van der Waals surface area (Å²) in [6, 6.07) is 7.58. The van der Waals surface area contributed by atoms with Crippen LogP contribution in [0.3, 0.4) is 0 Å². The van der Waals surface area contributed by atoms with Crippen LogP contribution in [0.5, 0.6) is 0 Å². The summed E-state index contributed by atoms with van der Waals surface area (Å²) >= 11 is 3.27. The number of carbonyl (C=O) groups is 3. The first-order chi connectivity index (χ1) is 14.1. The van der Waals surface area contributed by atoms with E-state index in [1.54, 1.807) is 18.2 Å². The smallest absolute Gasteiger partial charge is 0.306 e. The summed E-state index contributed by atoms with van der Waals surface area (Å²) in [6.45, 7) is -0.131. The third-order valence-corrected chi connectivity index (χ3v) is 6.63. The van der Waals surface area contributed by atoms with Gasteiger partial charge in [-0.05, 0) is 36.8 Å². The van der Waals surface area contributed by atoms with Gasteiger partial charge in [0.15, 0.2) is 0 Å². The molecule has 1 aromatic carbocycles. The number of hydrogen-bond acceptors (Lipinski definition) is 7. The van der Waals surface area contributed by atoms with Crippen molar-refractivity contribution in [3.05, 3.63) is 51.7 Å². The topological polar surface area (TPSA) is 114 Å². The lowest BCUT2D eigenvalue weighted by Gasteiger charge is -2.13. The van der Waals surface area contributed by atoms with Gasteiger partial charge in [0.1, 0.15) is 12.4 Å². The Labute approximate surface area is 181 Å². The highest BCUT2D eigenvalue weighted by Crippen LogP contribution is 2.26. The number of ether oxygens (including phenoxy) is 1. The van der Waals surface area contributed by atoms with Crippen LogP contribution in [0.1, 0.15) is 39.3 Å². The van der Waals surface area contributed by atoms with E-state index in [2.05, 4.69) is 15.9 Å². The first kappa shape index (κ1) is 22.2. The molecule has 0 atom stereocenters. The van der Waals surface area contributed by atoms with Crippen molar-refractivity contribution in [1.82, 2.24) is 9.21 Å². The molecule has 0 radical (unpaired) electrons. The highest BCUT2D eigenvalue weighted by Gasteiger charge is 2.35. The first-order valence-corrected chi connectivity index (χ1v) is 11.2. The molecule has 9 nitrogen and oxygen atoms in total. The Kier molecular flexibility index (Phi) is 6.44. The van der Waals surface area contributed by atoms with Gasteiger partial charge in [0.05, 0.1) is 11.1 Å². The molecule has 11 heteroatoms. The summed E-state index contributed by atoms with van der Waals surface area (Å²) in [5.74, 6) is -1.14. The molecule has 0 bridgehead atoms. The number of carbonyl (C=O) groups excluding carboxylic acids is 3. The van der Waals surface area contributed by atoms with Crippen molar-refractivity contribution in [1.29, 1.82) is 0 Å². The van der Waals surface area contributed by atoms with E-state index in [1.807, 2.05) is 0 Å². The molecule has 1 aliphatic heterocycles. The molecule has 0 spiro atoms. The Bertz CT molecular complexity index is 1110. The molecule has 2 heterocycles. The van der Waals surface area contributed by atoms with Gasteiger partial charge in [0, 0.05) is 31.5 Å². The average molecular weight is 499 g/mol. The predicted molar refractivity (Wildman–Crippen MR) is 108 cm³/mol. The minimum absolute atomic E-state index is 0.0132. The van der Waals surface area contributed by atoms with Gasteiger partial charge in [-0.25, -0.2) is 12.7 Å². The highest BCUT2D eigenvalue weighted by molar-refractivity contribution is 9.10. The molecule has 0 aliphatic carbocycles. The summed E-state index contributed by atoms with van der Waals surface area (Å²) < 4.78 is 35.9. The second kappa shape index (κ2) is 8.70. The molecule has 0 fully saturated rings. The molecule has 0 saturated carbocycles. The van der Waals surface area contributed by atoms with Crippen molar-refractivity contribution in [2.45, 2.75) is 24.5 Å². The van der Waals surface area contributed by atoms with Crippen LogP contribution in [0.15, 0.2) is 44.3 Å². The maximum atomic E-state index is 12.4. The van der Waals surface area contributed by atoms with E-state index in [4.69, 9.17) is 9.15 Å². The zero-order valence-corrected chi connectivity index (χ0v) is 18.7. The van der Waals surface area contributed by atoms with Crippen LogP contribution in [0.2, 0.25) is 0 Å². The normalized spacial score (nSPS) is 13.8. The molecule has 160 valence electrons. The number of furan rings is 1. The predicted octanol–water partition coefficient (Wildman–Crippen LogP) is 2.41. The standard InChI is InChI=1S/C19H19BrN2O7S/c1-21(2)30(26,27)17-8-6-13(29-17)11-28-16(23)4-3-9-22-18(24)14-7-5-12(20)10-15(14)19(22)25/h5-8,10H,3-4,9,11H2,1-2H3. The van der Waals surface area contributed by atoms with Gasteiger partial charge < -0.3 is 9.15 Å². The number of rotatable bonds is 8. The highest BCUT2D eigenvalue weighted by atomic mass is 79.9. The second-order valence-electron chi connectivity index (χ2n) is 6.72. The zero-order chi connectivity index (χ0) is 22.1. The van der Waals surface area contributed by atoms with Gasteiger partial charge in [-0.3, -0.25) is 19.3 Å². The van der Waals surface area contributed by atoms with Crippen molar-refractivity contribution in [3.63, 3.8) is 0 Å². The summed E-state index contributed by atoms with van der Waals surface area (Å²) in [7, 11) is -0.941. The molecule has 1 aliphatic rings. The molecule has 30 heavy (non-hydrogen) atoms. The number of nitrogens with zero attached hydrogens (tertiary/aromatic N) is 2. The van der Waals surface area contributed by atoms with E-state index in [-0.39, 0.29) is 42.8 Å². The van der Waals surface area contributed by atoms with Gasteiger partial charge in [-0.15, -0.1) is 0 Å². The summed E-state index contributed by atoms with van der Waals surface area (Å²) in [6.07, 6.45) is 0.227. The fraction of sp³-hybridized carbons (Fsp3) is 0.316. The van der Waals surface area contributed by atoms with E-state index in [0.717, 1.165) is 9.21 Å². The molecule has 0 unspecified atom stereocenters. The molecule has 3 rings (SSSR count). The first-order valence-electron chi connectivity index (χ1n) is 8.94. The van der Waals surface area contributed by atoms with Crippen LogP contribution in [0.4, 0.5) is 0 Å². The monoisotopic (exact) mass is 498 g/mol. The zero-order valence-electron chi connectivity index (χ0n) is 16.3. The van der Waals surface area contributed by atoms with Gasteiger partial charge in [-0.2, -0.15) is 0 Å². The Hall–Kier alpha value is -2.50. The van der Waals surface area contributed by atoms with Crippen molar-refractivity contribution < 1.29 is 32.0 Å². The fourth-order valence-corrected chi connectivity index (χ4v) is 4.00. The summed E-state index contributed by atoms with van der Waals surface area (Å²) in [5, 5.41) is -0.240. The molecule has 2 amide bonds. The maximum Gasteiger partial charge on any atom is 0.306 e. The average Bonchev–Trinajstić information content (AvgIpc) is 3.26. The van der Waals surface area contributed by atoms with Crippen LogP contribution in [0.25, 0.3) is 0 Å². The summed E-state index contributed by atoms with van der Waals surface area (Å²) in [5.41, 5.74) is 0.672. The van der Waals surface area contributed by atoms with E-state index >= 15 is 0 Å². The number of benzene rings is 1. The SMILES string of the molecule is CN(C)S(=O)(=O)c1ccc(COC(=O)CCCN2C(=O)c3ccc(Br)cc3C2=O)o1. The number of imide groups is 1. The molecular formula is C19H19BrN2O7S. The molecule has 0 saturated heterocycles. The second-order valence-corrected chi connectivity index (χ2v) is 9.72. The molecule has 2 aromatic rings. The van der Waals surface area contributed by atoms with Crippen LogP contribution < -0.4 is 0 Å². The van der Waals surface area contributed by atoms with Crippen molar-refractivity contribution in [2.24, 2.45) is 0 Å². The van der Waals surface area contributed by atoms with Crippen LogP contribution >= 0.6 is 15.9 Å². The van der Waals surface area contributed by atoms with Gasteiger partial charge in [0.2, 0.25) is 5.09 Å². The maximum absolute atomic E-state index is 12.4. The number of esters is 1. The minimum atomic E-state index is -3.70. The number of halogens is 1. The lowest BCUT2D eigenvalue weighted by Crippen LogP contribution is -2.31. The third-order valence-electron chi connectivity index (χ3n) is 4.44. The number of fused-ring (bicyclic) bond motifs is 1. The van der Waals surface area contributed by atoms with Gasteiger partial charge >= 0.3 is 5.97 Å². The quantitative estimate of drug-likeness (QED) is 0.405. The summed E-state index contributed by atoms with van der Waals surface area (Å²) in [4.78, 5) is 37.8. The largest absolute Gasteiger partial charge is 0.457 e. The van der Waals surface area contributed by atoms with Crippen LogP contribution in [0, 0.1) is 0 Å². The number of amides is 2. The van der Waals surface area contributed by atoms with E-state index in [1.165, 1.54) is 26.2 Å². The van der Waals surface area contributed by atoms with E-state index < -0.39 is 21.9 Å². The lowest BCUT2D eigenvalue weighted by atomic mass is 10.1. The Morgan fingerprint density at radius 2 is 1.83 bits per heavy atom. The van der Waals surface area contributed by atoms with Crippen molar-refractivity contribution in [3.8, 4) is 0 Å². The molecule has 1 aromatic heterocycles. The molecular weight excluding hydrogens is 480 g/mol. The Balaban J connectivity index is 1.48. The van der Waals surface area contributed by atoms with Crippen LogP contribution in [-0.4, -0.2) is 56.0 Å². The van der Waals surface area contributed by atoms with Gasteiger partial charge in [-0.1, -0.05) is 15.9 Å². The lowest BCUT2D eigenvalue weighted by molar-refractivity contribution is -0.145. The number of sulfonamides is 1. The van der Waals surface area contributed by atoms with Gasteiger partial charge in [0.25, 0.3) is 21.8 Å². The molecule has 0 N–H and O–H groups in total. The Morgan fingerprint density at radius 1 is 1.13 bits per heavy atom. The van der Waals surface area contributed by atoms with Crippen LogP contribution in [-0.2, 0) is 26.2 Å². The van der Waals surface area contributed by atoms with Crippen molar-refractivity contribution >= 4 is 43.7 Å². The van der Waals surface area contributed by atoms with Crippen molar-refractivity contribution in [2.75, 3.05) is 20.6 Å². The Morgan fingerprint density at radius 3 is 2.53 bits per heavy atom. The van der Waals surface area contributed by atoms with E-state index in [0.29, 0.717) is 15.6 Å². The minimum Gasteiger partial charge on any atom is -0.457 e. The third kappa shape index (κ3) is 4.47. The fourth-order valence-electron chi connectivity index (χ4n) is 2.83. The van der Waals surface area contributed by atoms with E-state index in [9.17, 15) is 22.8 Å². The number of hydrogen-bond donors (Lipinski definition) is 0.